The van der Waals surface area contributed by atoms with Gasteiger partial charge >= 0.3 is 0 Å². The van der Waals surface area contributed by atoms with E-state index >= 15 is 0 Å². The molecule has 2 aliphatic heterocycles. The smallest absolute Gasteiger partial charge is 0.264 e. The minimum Gasteiger partial charge on any atom is -0.494 e. The molecule has 0 saturated carbocycles. The van der Waals surface area contributed by atoms with Crippen LogP contribution in [0.4, 0.5) is 17.1 Å². The molecule has 2 aliphatic rings. The average Bonchev–Trinajstić information content (AvgIpc) is 3.41. The first kappa shape index (κ1) is 41.6. The van der Waals surface area contributed by atoms with Crippen molar-refractivity contribution in [1.29, 1.82) is 0 Å². The van der Waals surface area contributed by atoms with Gasteiger partial charge in [0.1, 0.15) is 5.75 Å². The summed E-state index contributed by atoms with van der Waals surface area (Å²) in [6.45, 7) is 5.30. The molecule has 0 radical (unpaired) electrons. The topological polar surface area (TPSA) is 143 Å². The van der Waals surface area contributed by atoms with Crippen molar-refractivity contribution < 1.29 is 34.4 Å². The minimum atomic E-state index is -1.97. The first-order valence-corrected chi connectivity index (χ1v) is 19.9. The number of benzene rings is 4. The minimum absolute atomic E-state index is 0.0185. The number of carbonyl (C=O) groups excluding carboxylic acids is 3. The first-order valence-electron chi connectivity index (χ1n) is 19.6. The van der Waals surface area contributed by atoms with Gasteiger partial charge in [0.15, 0.2) is 5.60 Å². The van der Waals surface area contributed by atoms with E-state index < -0.39 is 23.5 Å². The van der Waals surface area contributed by atoms with Crippen LogP contribution in [0.5, 0.6) is 5.75 Å². The summed E-state index contributed by atoms with van der Waals surface area (Å²) >= 11 is 6.44. The lowest BCUT2D eigenvalue weighted by molar-refractivity contribution is -0.139. The molecule has 4 aromatic rings. The Balaban J connectivity index is 1.23. The van der Waals surface area contributed by atoms with Gasteiger partial charge in [0.2, 0.25) is 11.8 Å². The van der Waals surface area contributed by atoms with Crippen molar-refractivity contribution in [2.45, 2.75) is 64.3 Å². The highest BCUT2D eigenvalue weighted by atomic mass is 35.5. The summed E-state index contributed by atoms with van der Waals surface area (Å²) in [5.74, 6) is -0.857. The summed E-state index contributed by atoms with van der Waals surface area (Å²) < 4.78 is 5.78. The second-order valence-electron chi connectivity index (χ2n) is 14.5. The van der Waals surface area contributed by atoms with Crippen LogP contribution in [-0.2, 0) is 39.5 Å². The lowest BCUT2D eigenvalue weighted by Gasteiger charge is -2.35. The number of hydrogen-bond acceptors (Lipinski definition) is 8. The Morgan fingerprint density at radius 3 is 2.51 bits per heavy atom. The molecule has 4 aromatic carbocycles. The molecule has 300 valence electrons. The Morgan fingerprint density at radius 2 is 1.75 bits per heavy atom. The van der Waals surface area contributed by atoms with Crippen LogP contribution in [0.3, 0.4) is 0 Å². The van der Waals surface area contributed by atoms with Gasteiger partial charge in [0, 0.05) is 48.3 Å². The lowest BCUT2D eigenvalue weighted by atomic mass is 9.83. The Kier molecular flexibility index (Phi) is 13.8. The summed E-state index contributed by atoms with van der Waals surface area (Å²) in [6, 6.07) is 27.2. The van der Waals surface area contributed by atoms with Gasteiger partial charge in [-0.1, -0.05) is 73.1 Å². The van der Waals surface area contributed by atoms with E-state index in [4.69, 9.17) is 16.3 Å². The monoisotopic (exact) mass is 794 g/mol. The van der Waals surface area contributed by atoms with Crippen LogP contribution in [0.1, 0.15) is 55.4 Å². The number of nitrogens with one attached hydrogen (secondary N) is 1. The zero-order chi connectivity index (χ0) is 40.5. The molecule has 11 nitrogen and oxygen atoms in total. The molecule has 0 aromatic heterocycles. The number of unbranched alkanes of at least 4 members (excludes halogenated alkanes) is 1. The predicted octanol–water partition coefficient (Wildman–Crippen LogP) is 6.03. The fraction of sp³-hybridized carbons (Fsp3) is 0.356. The normalized spacial score (nSPS) is 18.2. The number of fused-ring (bicyclic) bond motifs is 2. The maximum Gasteiger partial charge on any atom is 0.264 e. The van der Waals surface area contributed by atoms with Crippen molar-refractivity contribution in [3.8, 4) is 5.75 Å². The number of carbonyl (C=O) groups is 3. The first-order chi connectivity index (χ1) is 27.6. The van der Waals surface area contributed by atoms with Crippen molar-refractivity contribution >= 4 is 46.4 Å². The number of hydrogen-bond donors (Lipinski definition) is 4. The molecule has 6 rings (SSSR count). The number of anilines is 3. The predicted molar refractivity (Wildman–Crippen MR) is 221 cm³/mol. The number of halogens is 1. The molecule has 3 amide bonds. The van der Waals surface area contributed by atoms with Gasteiger partial charge in [0.25, 0.3) is 5.91 Å². The summed E-state index contributed by atoms with van der Waals surface area (Å²) in [4.78, 5) is 46.6. The molecular formula is C45H51ClN4O7. The molecule has 0 bridgehead atoms. The van der Waals surface area contributed by atoms with Crippen molar-refractivity contribution in [3.63, 3.8) is 0 Å². The highest BCUT2D eigenvalue weighted by Gasteiger charge is 2.52. The molecular weight excluding hydrogens is 744 g/mol. The maximum absolute atomic E-state index is 14.4. The fourth-order valence-electron chi connectivity index (χ4n) is 7.63. The van der Waals surface area contributed by atoms with Crippen LogP contribution in [0.25, 0.3) is 0 Å². The van der Waals surface area contributed by atoms with Gasteiger partial charge in [-0.25, -0.2) is 0 Å². The van der Waals surface area contributed by atoms with E-state index in [9.17, 15) is 29.7 Å². The maximum atomic E-state index is 14.4. The fourth-order valence-corrected chi connectivity index (χ4v) is 7.80. The van der Waals surface area contributed by atoms with E-state index in [1.807, 2.05) is 79.7 Å². The van der Waals surface area contributed by atoms with E-state index in [0.717, 1.165) is 34.5 Å². The largest absolute Gasteiger partial charge is 0.494 e. The van der Waals surface area contributed by atoms with Gasteiger partial charge in [-0.05, 0) is 98.0 Å². The van der Waals surface area contributed by atoms with Crippen LogP contribution in [-0.4, -0.2) is 76.9 Å². The summed E-state index contributed by atoms with van der Waals surface area (Å²) in [6.07, 6.45) is 5.21. The molecule has 0 saturated heterocycles. The molecule has 12 heteroatoms. The third-order valence-electron chi connectivity index (χ3n) is 10.6. The van der Waals surface area contributed by atoms with Gasteiger partial charge in [-0.15, -0.1) is 0 Å². The number of rotatable bonds is 18. The molecule has 2 heterocycles. The number of aliphatic hydroxyl groups is 3. The van der Waals surface area contributed by atoms with E-state index in [0.29, 0.717) is 54.5 Å². The summed E-state index contributed by atoms with van der Waals surface area (Å²) in [5, 5.41) is 34.9. The van der Waals surface area contributed by atoms with Crippen molar-refractivity contribution in [3.05, 3.63) is 130 Å². The lowest BCUT2D eigenvalue weighted by Crippen LogP contribution is -2.49. The highest BCUT2D eigenvalue weighted by molar-refractivity contribution is 6.31. The SMILES string of the molecule is CCOc1ccc2c(c1)CC(NCCCCO)C(=O)N2c1cccc(CN2C(=O)[C@](O)([C@H](C)/C=C/CC(=O)N(CCO)Cc3ccccc3)c3cc(Cl)ccc32)c1. The van der Waals surface area contributed by atoms with E-state index in [1.54, 1.807) is 47.1 Å². The second-order valence-corrected chi connectivity index (χ2v) is 14.9. The van der Waals surface area contributed by atoms with Gasteiger partial charge in [-0.3, -0.25) is 19.3 Å². The summed E-state index contributed by atoms with van der Waals surface area (Å²) in [5.41, 5.74) is 2.92. The molecule has 1 unspecified atom stereocenters. The van der Waals surface area contributed by atoms with E-state index in [-0.39, 0.29) is 44.5 Å². The average molecular weight is 795 g/mol. The molecule has 3 atom stereocenters. The number of ether oxygens (including phenoxy) is 1. The van der Waals surface area contributed by atoms with Crippen LogP contribution in [0.2, 0.25) is 5.02 Å². The molecule has 0 spiro atoms. The third-order valence-corrected chi connectivity index (χ3v) is 10.8. The van der Waals surface area contributed by atoms with E-state index in [1.165, 1.54) is 4.90 Å². The Bertz CT molecular complexity index is 2080. The second kappa shape index (κ2) is 18.9. The van der Waals surface area contributed by atoms with Crippen molar-refractivity contribution in [2.24, 2.45) is 5.92 Å². The molecule has 0 fully saturated rings. The van der Waals surface area contributed by atoms with Gasteiger partial charge in [0.05, 0.1) is 37.2 Å². The van der Waals surface area contributed by atoms with E-state index in [2.05, 4.69) is 5.32 Å². The van der Waals surface area contributed by atoms with Gasteiger partial charge < -0.3 is 35.2 Å². The van der Waals surface area contributed by atoms with Crippen molar-refractivity contribution in [2.75, 3.05) is 42.7 Å². The third kappa shape index (κ3) is 9.24. The standard InChI is InChI=1S/C45H51ClN4O7/c1-3-57-37-18-20-40-34(26-37)27-39(47-21-7-8-23-51)43(54)50(40)36-15-10-14-33(25-36)30-49-41-19-17-35(46)28-38(41)45(56,44(49)55)31(2)11-9-16-42(53)48(22-24-52)29-32-12-5-4-6-13-32/h4-6,9-15,17-20,25-26,28,31,39,47,51-52,56H,3,7-8,16,21-24,27,29-30H2,1-2H3/b11-9+/t31-,39?,45+/m1/s1. The highest BCUT2D eigenvalue weighted by Crippen LogP contribution is 2.47. The van der Waals surface area contributed by atoms with Crippen LogP contribution in [0.15, 0.2) is 103 Å². The van der Waals surface area contributed by atoms with Crippen LogP contribution in [0, 0.1) is 5.92 Å². The summed E-state index contributed by atoms with van der Waals surface area (Å²) in [7, 11) is 0. The Labute approximate surface area is 339 Å². The number of amides is 3. The quantitative estimate of drug-likeness (QED) is 0.0707. The van der Waals surface area contributed by atoms with Gasteiger partial charge in [-0.2, -0.15) is 0 Å². The Hall–Kier alpha value is -5.04. The zero-order valence-electron chi connectivity index (χ0n) is 32.4. The zero-order valence-corrected chi connectivity index (χ0v) is 33.2. The van der Waals surface area contributed by atoms with Crippen molar-refractivity contribution in [1.82, 2.24) is 10.2 Å². The van der Waals surface area contributed by atoms with Crippen LogP contribution < -0.4 is 19.9 Å². The molecule has 57 heavy (non-hydrogen) atoms. The number of aliphatic hydroxyl groups excluding tert-OH is 2. The number of nitrogens with zero attached hydrogens (tertiary/aromatic N) is 3. The molecule has 4 N–H and O–H groups in total. The van der Waals surface area contributed by atoms with Crippen LogP contribution >= 0.6 is 11.6 Å². The Morgan fingerprint density at radius 1 is 0.982 bits per heavy atom. The molecule has 0 aliphatic carbocycles.